The Labute approximate surface area is 202 Å². The van der Waals surface area contributed by atoms with Gasteiger partial charge in [0, 0.05) is 31.9 Å². The number of carbonyl (C=O) groups excluding carboxylic acids is 3. The van der Waals surface area contributed by atoms with E-state index in [1.165, 1.54) is 0 Å². The van der Waals surface area contributed by atoms with Crippen molar-refractivity contribution >= 4 is 29.5 Å². The number of hydrogen-bond acceptors (Lipinski definition) is 5. The van der Waals surface area contributed by atoms with Gasteiger partial charge in [0.2, 0.25) is 17.7 Å². The first-order chi connectivity index (χ1) is 15.8. The zero-order valence-electron chi connectivity index (χ0n) is 20.2. The molecule has 3 heterocycles. The van der Waals surface area contributed by atoms with Crippen LogP contribution in [0.1, 0.15) is 46.0 Å². The molecule has 6 atom stereocenters. The van der Waals surface area contributed by atoms with Crippen LogP contribution in [0, 0.1) is 11.8 Å². The summed E-state index contributed by atoms with van der Waals surface area (Å²) in [7, 11) is 1.74. The number of unbranched alkanes of at least 4 members (excludes halogenated alkanes) is 2. The average Bonchev–Trinajstić information content (AvgIpc) is 3.44. The molecule has 3 rings (SSSR count). The molecule has 3 saturated heterocycles. The number of amides is 3. The van der Waals surface area contributed by atoms with E-state index in [9.17, 15) is 19.5 Å². The average molecular weight is 478 g/mol. The number of carbonyl (C=O) groups is 3. The number of nitrogens with zero attached hydrogens (tertiary/aromatic N) is 3. The van der Waals surface area contributed by atoms with E-state index in [0.29, 0.717) is 19.6 Å². The van der Waals surface area contributed by atoms with Crippen LogP contribution in [0.3, 0.4) is 0 Å². The van der Waals surface area contributed by atoms with E-state index in [1.54, 1.807) is 47.7 Å². The third-order valence-corrected chi connectivity index (χ3v) is 9.42. The van der Waals surface area contributed by atoms with Crippen LogP contribution in [-0.4, -0.2) is 92.9 Å². The molecule has 33 heavy (non-hydrogen) atoms. The number of rotatable bonds is 12. The standard InChI is InChI=1S/C25H39N3O4S/c1-6-9-10-15-27(14-8-3)24(32)21-25-12-11-18(33-25)19(22(30)26(5)13-7-2)20(25)23(31)28(21)17(4)16-29/h7-8,17-21,29H,2-3,6,9-16H2,1,4-5H3/t17-,18-,19+,20+,21?,25?/m1/s1. The number of aliphatic hydroxyl groups excluding tert-OH is 1. The highest BCUT2D eigenvalue weighted by atomic mass is 32.2. The van der Waals surface area contributed by atoms with Crippen molar-refractivity contribution in [3.8, 4) is 0 Å². The minimum atomic E-state index is -0.670. The molecule has 1 N–H and O–H groups in total. The first-order valence-corrected chi connectivity index (χ1v) is 13.0. The molecule has 3 amide bonds. The molecule has 3 fully saturated rings. The number of likely N-dealkylation sites (tertiary alicyclic amines) is 1. The lowest BCUT2D eigenvalue weighted by atomic mass is 9.70. The Morgan fingerprint density at radius 1 is 1.27 bits per heavy atom. The molecule has 8 heteroatoms. The lowest BCUT2D eigenvalue weighted by molar-refractivity contribution is -0.146. The molecule has 0 aromatic carbocycles. The van der Waals surface area contributed by atoms with Gasteiger partial charge in [-0.3, -0.25) is 14.4 Å². The van der Waals surface area contributed by atoms with Gasteiger partial charge in [-0.15, -0.1) is 24.9 Å². The predicted molar refractivity (Wildman–Crippen MR) is 132 cm³/mol. The van der Waals surface area contributed by atoms with Gasteiger partial charge in [0.1, 0.15) is 6.04 Å². The Morgan fingerprint density at radius 3 is 2.58 bits per heavy atom. The summed E-state index contributed by atoms with van der Waals surface area (Å²) in [6.45, 7) is 12.7. The van der Waals surface area contributed by atoms with Crippen molar-refractivity contribution in [2.45, 2.75) is 68.0 Å². The highest BCUT2D eigenvalue weighted by Gasteiger charge is 2.74. The fraction of sp³-hybridized carbons (Fsp3) is 0.720. The molecule has 3 aliphatic rings. The van der Waals surface area contributed by atoms with Crippen molar-refractivity contribution in [2.24, 2.45) is 11.8 Å². The maximum absolute atomic E-state index is 14.0. The molecular weight excluding hydrogens is 438 g/mol. The zero-order chi connectivity index (χ0) is 24.3. The van der Waals surface area contributed by atoms with Crippen LogP contribution in [0.25, 0.3) is 0 Å². The van der Waals surface area contributed by atoms with Gasteiger partial charge in [0.15, 0.2) is 0 Å². The van der Waals surface area contributed by atoms with E-state index >= 15 is 0 Å². The molecule has 0 radical (unpaired) electrons. The summed E-state index contributed by atoms with van der Waals surface area (Å²) in [5, 5.41) is 10.00. The fourth-order valence-electron chi connectivity index (χ4n) is 5.93. The molecule has 2 bridgehead atoms. The van der Waals surface area contributed by atoms with E-state index < -0.39 is 28.7 Å². The largest absolute Gasteiger partial charge is 0.394 e. The molecule has 3 aliphatic heterocycles. The summed E-state index contributed by atoms with van der Waals surface area (Å²) >= 11 is 1.67. The zero-order valence-corrected chi connectivity index (χ0v) is 21.1. The lowest BCUT2D eigenvalue weighted by Crippen LogP contribution is -2.57. The van der Waals surface area contributed by atoms with Gasteiger partial charge in [-0.05, 0) is 26.2 Å². The van der Waals surface area contributed by atoms with Crippen molar-refractivity contribution in [1.82, 2.24) is 14.7 Å². The summed E-state index contributed by atoms with van der Waals surface area (Å²) in [4.78, 5) is 46.3. The second-order valence-electron chi connectivity index (χ2n) is 9.62. The Morgan fingerprint density at radius 2 is 1.97 bits per heavy atom. The molecule has 7 nitrogen and oxygen atoms in total. The molecule has 0 aliphatic carbocycles. The van der Waals surface area contributed by atoms with Gasteiger partial charge < -0.3 is 19.8 Å². The first kappa shape index (κ1) is 25.8. The van der Waals surface area contributed by atoms with Crippen molar-refractivity contribution in [1.29, 1.82) is 0 Å². The number of fused-ring (bicyclic) bond motifs is 1. The summed E-state index contributed by atoms with van der Waals surface area (Å²) in [6.07, 6.45) is 7.93. The highest BCUT2D eigenvalue weighted by molar-refractivity contribution is 8.02. The highest BCUT2D eigenvalue weighted by Crippen LogP contribution is 2.66. The Hall–Kier alpha value is -1.80. The molecule has 2 unspecified atom stereocenters. The normalized spacial score (nSPS) is 30.8. The summed E-state index contributed by atoms with van der Waals surface area (Å²) in [5.41, 5.74) is 0. The van der Waals surface area contributed by atoms with Gasteiger partial charge in [0.05, 0.1) is 29.2 Å². The minimum absolute atomic E-state index is 0.0357. The van der Waals surface area contributed by atoms with Crippen molar-refractivity contribution in [2.75, 3.05) is 33.3 Å². The Bertz CT molecular complexity index is 790. The Kier molecular flexibility index (Phi) is 8.32. The number of thioether (sulfide) groups is 1. The SMILES string of the molecule is C=CCN(C)C(=O)[C@@H]1[C@H]2C(=O)N([C@H](C)CO)C(C(=O)N(CC=C)CCCCC)C23CC[C@H]1S3. The van der Waals surface area contributed by atoms with Crippen LogP contribution in [0.15, 0.2) is 25.3 Å². The van der Waals surface area contributed by atoms with Crippen molar-refractivity contribution in [3.63, 3.8) is 0 Å². The monoisotopic (exact) mass is 477 g/mol. The van der Waals surface area contributed by atoms with Crippen LogP contribution in [0.4, 0.5) is 0 Å². The Balaban J connectivity index is 2.00. The quantitative estimate of drug-likeness (QED) is 0.345. The maximum atomic E-state index is 14.0. The van der Waals surface area contributed by atoms with E-state index in [0.717, 1.165) is 32.1 Å². The van der Waals surface area contributed by atoms with Gasteiger partial charge in [-0.25, -0.2) is 0 Å². The van der Waals surface area contributed by atoms with Gasteiger partial charge in [-0.2, -0.15) is 0 Å². The lowest BCUT2D eigenvalue weighted by Gasteiger charge is -2.39. The summed E-state index contributed by atoms with van der Waals surface area (Å²) in [5.74, 6) is -1.28. The topological polar surface area (TPSA) is 81.2 Å². The number of likely N-dealkylation sites (N-methyl/N-ethyl adjacent to an activating group) is 1. The molecule has 0 aromatic rings. The predicted octanol–water partition coefficient (Wildman–Crippen LogP) is 2.31. The van der Waals surface area contributed by atoms with Crippen LogP contribution >= 0.6 is 11.8 Å². The maximum Gasteiger partial charge on any atom is 0.247 e. The van der Waals surface area contributed by atoms with Crippen LogP contribution in [-0.2, 0) is 14.4 Å². The fourth-order valence-corrected chi connectivity index (χ4v) is 8.12. The van der Waals surface area contributed by atoms with Crippen LogP contribution in [0.5, 0.6) is 0 Å². The number of aliphatic hydroxyl groups is 1. The second kappa shape index (κ2) is 10.6. The van der Waals surface area contributed by atoms with Gasteiger partial charge in [0.25, 0.3) is 0 Å². The molecule has 0 aromatic heterocycles. The van der Waals surface area contributed by atoms with E-state index in [1.807, 2.05) is 4.90 Å². The van der Waals surface area contributed by atoms with Gasteiger partial charge >= 0.3 is 0 Å². The summed E-state index contributed by atoms with van der Waals surface area (Å²) < 4.78 is -0.623. The molecular formula is C25H39N3O4S. The van der Waals surface area contributed by atoms with E-state index in [-0.39, 0.29) is 29.6 Å². The molecule has 1 spiro atoms. The van der Waals surface area contributed by atoms with Crippen molar-refractivity contribution < 1.29 is 19.5 Å². The minimum Gasteiger partial charge on any atom is -0.394 e. The third kappa shape index (κ3) is 4.36. The molecule has 0 saturated carbocycles. The van der Waals surface area contributed by atoms with Gasteiger partial charge in [-0.1, -0.05) is 31.9 Å². The molecule has 184 valence electrons. The third-order valence-electron chi connectivity index (χ3n) is 7.47. The van der Waals surface area contributed by atoms with Crippen LogP contribution in [0.2, 0.25) is 0 Å². The summed E-state index contributed by atoms with van der Waals surface area (Å²) in [6, 6.07) is -1.16. The smallest absolute Gasteiger partial charge is 0.247 e. The van der Waals surface area contributed by atoms with E-state index in [2.05, 4.69) is 20.1 Å². The van der Waals surface area contributed by atoms with Crippen LogP contribution < -0.4 is 0 Å². The number of hydrogen-bond donors (Lipinski definition) is 1. The van der Waals surface area contributed by atoms with E-state index in [4.69, 9.17) is 0 Å². The van der Waals surface area contributed by atoms with Crippen molar-refractivity contribution in [3.05, 3.63) is 25.3 Å². The first-order valence-electron chi connectivity index (χ1n) is 12.1. The second-order valence-corrected chi connectivity index (χ2v) is 11.2.